The molecule has 2 rings (SSSR count). The zero-order chi connectivity index (χ0) is 18.2. The van der Waals surface area contributed by atoms with Crippen molar-refractivity contribution in [1.82, 2.24) is 15.4 Å². The number of hydrogen-bond acceptors (Lipinski definition) is 8. The average molecular weight is 365 g/mol. The maximum absolute atomic E-state index is 12.9. The normalized spacial score (nSPS) is 13.6. The summed E-state index contributed by atoms with van der Waals surface area (Å²) in [6, 6.07) is 1.63. The second-order valence-corrected chi connectivity index (χ2v) is 6.07. The number of pyridine rings is 1. The van der Waals surface area contributed by atoms with Gasteiger partial charge in [0.15, 0.2) is 0 Å². The van der Waals surface area contributed by atoms with Gasteiger partial charge in [-0.05, 0) is 25.6 Å². The molecule has 9 heteroatoms. The van der Waals surface area contributed by atoms with Crippen molar-refractivity contribution in [2.24, 2.45) is 10.7 Å². The lowest BCUT2D eigenvalue weighted by molar-refractivity contribution is -0.181. The number of amidine groups is 1. The van der Waals surface area contributed by atoms with E-state index < -0.39 is 0 Å². The predicted octanol–water partition coefficient (Wildman–Crippen LogP) is 1.81. The highest BCUT2D eigenvalue weighted by Crippen LogP contribution is 2.29. The van der Waals surface area contributed by atoms with Gasteiger partial charge in [-0.25, -0.2) is 15.0 Å². The van der Waals surface area contributed by atoms with Crippen molar-refractivity contribution in [1.29, 1.82) is 0 Å². The molecular weight excluding hydrogens is 342 g/mol. The smallest absolute Gasteiger partial charge is 0.273 e. The maximum Gasteiger partial charge on any atom is 0.273 e. The van der Waals surface area contributed by atoms with Crippen LogP contribution in [0.25, 0.3) is 6.08 Å². The molecule has 0 spiro atoms. The van der Waals surface area contributed by atoms with E-state index in [2.05, 4.69) is 15.3 Å². The van der Waals surface area contributed by atoms with E-state index in [1.807, 2.05) is 14.0 Å². The molecule has 0 aromatic carbocycles. The quantitative estimate of drug-likeness (QED) is 0.366. The molecule has 1 aromatic rings. The van der Waals surface area contributed by atoms with Gasteiger partial charge in [0.2, 0.25) is 0 Å². The lowest BCUT2D eigenvalue weighted by Gasteiger charge is -2.22. The van der Waals surface area contributed by atoms with E-state index in [0.717, 1.165) is 6.42 Å². The number of carbonyl (C=O) groups excluding carboxylic acids is 1. The van der Waals surface area contributed by atoms with Crippen molar-refractivity contribution in [3.63, 3.8) is 0 Å². The number of nitrogens with two attached hydrogens (primary N) is 1. The van der Waals surface area contributed by atoms with E-state index in [1.54, 1.807) is 18.3 Å². The van der Waals surface area contributed by atoms with Gasteiger partial charge in [0.25, 0.3) is 5.91 Å². The van der Waals surface area contributed by atoms with Crippen LogP contribution in [0, 0.1) is 0 Å². The molecule has 0 bridgehead atoms. The standard InChI is InChI=1S/C16H23N5O3S/c1-3-5-21(24-6-4-18-2)16(22)11-7-12-10-19-15(25-23)9-13(12)20-14(17)8-11/h7,9-10,18,23H,3-6,8H2,1-2H3,(H2,17,20). The van der Waals surface area contributed by atoms with Gasteiger partial charge >= 0.3 is 0 Å². The maximum atomic E-state index is 12.9. The third-order valence-electron chi connectivity index (χ3n) is 3.47. The zero-order valence-corrected chi connectivity index (χ0v) is 15.2. The summed E-state index contributed by atoms with van der Waals surface area (Å²) in [4.78, 5) is 26.9. The van der Waals surface area contributed by atoms with Gasteiger partial charge in [0.1, 0.15) is 10.9 Å². The van der Waals surface area contributed by atoms with E-state index in [1.165, 1.54) is 5.06 Å². The monoisotopic (exact) mass is 365 g/mol. The first kappa shape index (κ1) is 19.4. The Morgan fingerprint density at radius 2 is 2.36 bits per heavy atom. The Morgan fingerprint density at radius 3 is 3.04 bits per heavy atom. The van der Waals surface area contributed by atoms with Gasteiger partial charge in [-0.1, -0.05) is 6.92 Å². The highest BCUT2D eigenvalue weighted by molar-refractivity contribution is 7.93. The van der Waals surface area contributed by atoms with Crippen LogP contribution in [0.15, 0.2) is 27.9 Å². The number of aliphatic imine (C=N–C) groups is 1. The molecule has 0 saturated heterocycles. The minimum Gasteiger partial charge on any atom is -0.387 e. The Labute approximate surface area is 151 Å². The van der Waals surface area contributed by atoms with Crippen molar-refractivity contribution in [3.05, 3.63) is 23.4 Å². The molecule has 1 amide bonds. The number of nitrogens with zero attached hydrogens (tertiary/aromatic N) is 3. The predicted molar refractivity (Wildman–Crippen MR) is 98.5 cm³/mol. The van der Waals surface area contributed by atoms with Crippen molar-refractivity contribution >= 4 is 35.5 Å². The minimum atomic E-state index is -0.232. The van der Waals surface area contributed by atoms with E-state index in [0.29, 0.717) is 59.4 Å². The van der Waals surface area contributed by atoms with Crippen LogP contribution in [0.2, 0.25) is 0 Å². The highest BCUT2D eigenvalue weighted by Gasteiger charge is 2.22. The van der Waals surface area contributed by atoms with Crippen LogP contribution in [-0.2, 0) is 9.63 Å². The van der Waals surface area contributed by atoms with Crippen LogP contribution < -0.4 is 11.1 Å². The van der Waals surface area contributed by atoms with E-state index in [9.17, 15) is 4.79 Å². The molecule has 25 heavy (non-hydrogen) atoms. The minimum absolute atomic E-state index is 0.227. The Kier molecular flexibility index (Phi) is 7.38. The summed E-state index contributed by atoms with van der Waals surface area (Å²) in [5.41, 5.74) is 7.70. The number of nitrogens with one attached hydrogen (secondary N) is 1. The van der Waals surface area contributed by atoms with Gasteiger partial charge in [-0.3, -0.25) is 9.63 Å². The molecule has 1 aromatic heterocycles. The number of carbonyl (C=O) groups is 1. The molecule has 0 radical (unpaired) electrons. The Balaban J connectivity index is 2.27. The summed E-state index contributed by atoms with van der Waals surface area (Å²) in [7, 11) is 1.82. The largest absolute Gasteiger partial charge is 0.387 e. The molecule has 4 N–H and O–H groups in total. The zero-order valence-electron chi connectivity index (χ0n) is 14.4. The summed E-state index contributed by atoms with van der Waals surface area (Å²) >= 11 is 0.536. The number of hydroxylamine groups is 2. The fourth-order valence-corrected chi connectivity index (χ4v) is 2.57. The Morgan fingerprint density at radius 1 is 1.56 bits per heavy atom. The third-order valence-corrected chi connectivity index (χ3v) is 3.88. The fraction of sp³-hybridized carbons (Fsp3) is 0.438. The molecule has 0 atom stereocenters. The van der Waals surface area contributed by atoms with Crippen molar-refractivity contribution < 1.29 is 14.2 Å². The first-order valence-corrected chi connectivity index (χ1v) is 8.80. The van der Waals surface area contributed by atoms with Crippen LogP contribution in [0.3, 0.4) is 0 Å². The van der Waals surface area contributed by atoms with Gasteiger partial charge in [-0.2, -0.15) is 0 Å². The Bertz CT molecular complexity index is 678. The van der Waals surface area contributed by atoms with Gasteiger partial charge in [0.05, 0.1) is 12.3 Å². The number of fused-ring (bicyclic) bond motifs is 1. The SMILES string of the molecule is CCCN(OCCNC)C(=O)C1=Cc2cnc(SO)cc2N=C(N)C1. The first-order valence-electron chi connectivity index (χ1n) is 8.03. The number of rotatable bonds is 8. The van der Waals surface area contributed by atoms with Gasteiger partial charge in [0, 0.05) is 48.9 Å². The number of amides is 1. The molecule has 8 nitrogen and oxygen atoms in total. The number of hydrogen-bond donors (Lipinski definition) is 3. The van der Waals surface area contributed by atoms with Crippen LogP contribution in [0.1, 0.15) is 25.3 Å². The summed E-state index contributed by atoms with van der Waals surface area (Å²) in [6.45, 7) is 3.51. The average Bonchev–Trinajstić information content (AvgIpc) is 2.77. The third kappa shape index (κ3) is 5.27. The molecule has 136 valence electrons. The molecule has 0 unspecified atom stereocenters. The number of aromatic nitrogens is 1. The summed E-state index contributed by atoms with van der Waals surface area (Å²) in [5, 5.41) is 4.76. The van der Waals surface area contributed by atoms with Crippen LogP contribution >= 0.6 is 12.0 Å². The van der Waals surface area contributed by atoms with Gasteiger partial charge in [-0.15, -0.1) is 0 Å². The van der Waals surface area contributed by atoms with E-state index in [4.69, 9.17) is 15.1 Å². The number of likely N-dealkylation sites (N-methyl/N-ethyl adjacent to an activating group) is 1. The molecule has 0 saturated carbocycles. The van der Waals surface area contributed by atoms with E-state index in [-0.39, 0.29) is 12.3 Å². The topological polar surface area (TPSA) is 113 Å². The molecule has 0 fully saturated rings. The second-order valence-electron chi connectivity index (χ2n) is 5.47. The molecule has 1 aliphatic heterocycles. The molecular formula is C16H23N5O3S. The van der Waals surface area contributed by atoms with Crippen molar-refractivity contribution in [3.8, 4) is 0 Å². The van der Waals surface area contributed by atoms with Crippen molar-refractivity contribution in [2.45, 2.75) is 24.8 Å². The Hall–Kier alpha value is -1.94. The highest BCUT2D eigenvalue weighted by atomic mass is 32.2. The van der Waals surface area contributed by atoms with Crippen LogP contribution in [0.5, 0.6) is 0 Å². The fourth-order valence-electron chi connectivity index (χ4n) is 2.31. The molecule has 1 aliphatic rings. The molecule has 2 heterocycles. The van der Waals surface area contributed by atoms with Crippen molar-refractivity contribution in [2.75, 3.05) is 26.7 Å². The molecule has 0 aliphatic carbocycles. The summed E-state index contributed by atoms with van der Waals surface area (Å²) < 4.78 is 9.13. The lowest BCUT2D eigenvalue weighted by atomic mass is 10.1. The van der Waals surface area contributed by atoms with E-state index >= 15 is 0 Å². The summed E-state index contributed by atoms with van der Waals surface area (Å²) in [5.74, 6) is 0.0923. The summed E-state index contributed by atoms with van der Waals surface area (Å²) in [6.07, 6.45) is 4.29. The second kappa shape index (κ2) is 9.52. The first-order chi connectivity index (χ1) is 12.1. The lowest BCUT2D eigenvalue weighted by Crippen LogP contribution is -2.35. The van der Waals surface area contributed by atoms with Crippen LogP contribution in [0.4, 0.5) is 5.69 Å². The van der Waals surface area contributed by atoms with Gasteiger partial charge < -0.3 is 15.6 Å². The van der Waals surface area contributed by atoms with Crippen LogP contribution in [-0.4, -0.2) is 53.1 Å².